The molecular weight excluding hydrogens is 286 g/mol. The number of nitrogen functional groups attached to an aromatic ring is 1. The summed E-state index contributed by atoms with van der Waals surface area (Å²) in [6.45, 7) is 2.61. The van der Waals surface area contributed by atoms with E-state index in [9.17, 15) is 0 Å². The number of aromatic nitrogens is 6. The second kappa shape index (κ2) is 5.43. The van der Waals surface area contributed by atoms with Gasteiger partial charge in [0.15, 0.2) is 5.65 Å². The van der Waals surface area contributed by atoms with Gasteiger partial charge in [-0.05, 0) is 6.92 Å². The quantitative estimate of drug-likeness (QED) is 0.756. The van der Waals surface area contributed by atoms with Gasteiger partial charge in [0.1, 0.15) is 17.8 Å². The molecule has 2 N–H and O–H groups in total. The van der Waals surface area contributed by atoms with Gasteiger partial charge in [-0.25, -0.2) is 19.6 Å². The van der Waals surface area contributed by atoms with Crippen molar-refractivity contribution >= 4 is 16.9 Å². The number of aryl methyl sites for hydroxylation is 1. The summed E-state index contributed by atoms with van der Waals surface area (Å²) < 4.78 is 12.1. The molecule has 0 aliphatic heterocycles. The van der Waals surface area contributed by atoms with E-state index in [0.29, 0.717) is 40.5 Å². The van der Waals surface area contributed by atoms with Crippen molar-refractivity contribution < 1.29 is 9.47 Å². The molecule has 0 radical (unpaired) electrons. The van der Waals surface area contributed by atoms with Crippen molar-refractivity contribution in [3.05, 3.63) is 12.5 Å². The monoisotopic (exact) mass is 301 g/mol. The first-order valence-corrected chi connectivity index (χ1v) is 6.62. The number of anilines is 1. The number of nitrogens with two attached hydrogens (primary N) is 1. The molecule has 0 aliphatic carbocycles. The summed E-state index contributed by atoms with van der Waals surface area (Å²) in [5, 5.41) is 5.19. The maximum Gasteiger partial charge on any atom is 0.319 e. The van der Waals surface area contributed by atoms with Gasteiger partial charge in [-0.15, -0.1) is 0 Å². The number of fused-ring (bicyclic) bond motifs is 1. The number of ether oxygens (including phenoxy) is 2. The standard InChI is InChI=1S/C13H15N7O2/c1-4-20-11-8(10(14)16-6-17-11)9(19-20)7-5-15-13(22-3)18-12(7)21-2/h5-6H,4H2,1-3H3,(H2,14,16,17). The Hall–Kier alpha value is -2.97. The first kappa shape index (κ1) is 14.0. The fourth-order valence-electron chi connectivity index (χ4n) is 2.21. The van der Waals surface area contributed by atoms with E-state index in [0.717, 1.165) is 0 Å². The molecule has 3 rings (SSSR count). The summed E-state index contributed by atoms with van der Waals surface area (Å²) in [7, 11) is 3.01. The maximum absolute atomic E-state index is 6.00. The molecule has 3 heterocycles. The highest BCUT2D eigenvalue weighted by Gasteiger charge is 2.21. The molecule has 0 fully saturated rings. The average molecular weight is 301 g/mol. The van der Waals surface area contributed by atoms with E-state index in [4.69, 9.17) is 15.2 Å². The molecule has 0 saturated carbocycles. The zero-order valence-corrected chi connectivity index (χ0v) is 12.4. The van der Waals surface area contributed by atoms with E-state index in [1.807, 2.05) is 6.92 Å². The molecule has 0 aliphatic rings. The third-order valence-corrected chi connectivity index (χ3v) is 3.22. The summed E-state index contributed by atoms with van der Waals surface area (Å²) in [5.74, 6) is 0.690. The van der Waals surface area contributed by atoms with Crippen LogP contribution in [0.2, 0.25) is 0 Å². The number of rotatable bonds is 4. The van der Waals surface area contributed by atoms with Crippen molar-refractivity contribution in [3.8, 4) is 23.1 Å². The third-order valence-electron chi connectivity index (χ3n) is 3.22. The Labute approximate surface area is 126 Å². The van der Waals surface area contributed by atoms with Crippen molar-refractivity contribution in [2.75, 3.05) is 20.0 Å². The van der Waals surface area contributed by atoms with Gasteiger partial charge in [0, 0.05) is 12.7 Å². The Bertz CT molecular complexity index is 831. The molecule has 0 saturated heterocycles. The van der Waals surface area contributed by atoms with Gasteiger partial charge in [-0.3, -0.25) is 0 Å². The highest BCUT2D eigenvalue weighted by Crippen LogP contribution is 2.34. The van der Waals surface area contributed by atoms with Crippen molar-refractivity contribution in [1.82, 2.24) is 29.7 Å². The Morgan fingerprint density at radius 3 is 2.68 bits per heavy atom. The van der Waals surface area contributed by atoms with Crippen LogP contribution in [-0.4, -0.2) is 43.9 Å². The predicted octanol–water partition coefficient (Wildman–Crippen LogP) is 0.903. The minimum absolute atomic E-state index is 0.212. The van der Waals surface area contributed by atoms with Crippen LogP contribution in [0.15, 0.2) is 12.5 Å². The van der Waals surface area contributed by atoms with Gasteiger partial charge in [0.25, 0.3) is 0 Å². The summed E-state index contributed by atoms with van der Waals surface area (Å²) >= 11 is 0. The van der Waals surface area contributed by atoms with Crippen molar-refractivity contribution in [2.45, 2.75) is 13.5 Å². The highest BCUT2D eigenvalue weighted by molar-refractivity contribution is 5.98. The molecular formula is C13H15N7O2. The van der Waals surface area contributed by atoms with E-state index in [2.05, 4.69) is 25.0 Å². The molecule has 0 spiro atoms. The number of hydrogen-bond donors (Lipinski definition) is 1. The maximum atomic E-state index is 6.00. The smallest absolute Gasteiger partial charge is 0.319 e. The van der Waals surface area contributed by atoms with E-state index in [1.165, 1.54) is 20.5 Å². The van der Waals surface area contributed by atoms with E-state index in [-0.39, 0.29) is 6.01 Å². The summed E-state index contributed by atoms with van der Waals surface area (Å²) in [5.41, 5.74) is 7.83. The number of methoxy groups -OCH3 is 2. The van der Waals surface area contributed by atoms with Crippen LogP contribution in [0.4, 0.5) is 5.82 Å². The molecule has 0 aromatic carbocycles. The second-order valence-corrected chi connectivity index (χ2v) is 4.40. The Morgan fingerprint density at radius 2 is 2.00 bits per heavy atom. The van der Waals surface area contributed by atoms with Crippen LogP contribution in [0.5, 0.6) is 11.9 Å². The average Bonchev–Trinajstić information content (AvgIpc) is 2.94. The molecule has 0 atom stereocenters. The molecule has 9 nitrogen and oxygen atoms in total. The van der Waals surface area contributed by atoms with Crippen LogP contribution in [0.1, 0.15) is 6.92 Å². The minimum atomic E-state index is 0.212. The molecule has 22 heavy (non-hydrogen) atoms. The van der Waals surface area contributed by atoms with E-state index >= 15 is 0 Å². The largest absolute Gasteiger partial charge is 0.480 e. The summed E-state index contributed by atoms with van der Waals surface area (Å²) in [4.78, 5) is 16.6. The molecule has 0 bridgehead atoms. The lowest BCUT2D eigenvalue weighted by Gasteiger charge is -2.06. The zero-order chi connectivity index (χ0) is 15.7. The molecule has 0 amide bonds. The van der Waals surface area contributed by atoms with Gasteiger partial charge >= 0.3 is 6.01 Å². The lowest BCUT2D eigenvalue weighted by molar-refractivity contribution is 0.353. The predicted molar refractivity (Wildman–Crippen MR) is 79.5 cm³/mol. The molecule has 3 aromatic rings. The lowest BCUT2D eigenvalue weighted by Crippen LogP contribution is -1.99. The van der Waals surface area contributed by atoms with Crippen LogP contribution in [0.3, 0.4) is 0 Å². The van der Waals surface area contributed by atoms with Crippen LogP contribution < -0.4 is 15.2 Å². The normalized spacial score (nSPS) is 10.9. The Balaban J connectivity index is 2.31. The summed E-state index contributed by atoms with van der Waals surface area (Å²) in [6.07, 6.45) is 3.00. The number of nitrogens with zero attached hydrogens (tertiary/aromatic N) is 6. The van der Waals surface area contributed by atoms with Gasteiger partial charge in [0.2, 0.25) is 5.88 Å². The van der Waals surface area contributed by atoms with Gasteiger partial charge < -0.3 is 15.2 Å². The molecule has 3 aromatic heterocycles. The molecule has 9 heteroatoms. The van der Waals surface area contributed by atoms with Crippen molar-refractivity contribution in [3.63, 3.8) is 0 Å². The fraction of sp³-hybridized carbons (Fsp3) is 0.308. The van der Waals surface area contributed by atoms with Gasteiger partial charge in [-0.2, -0.15) is 10.1 Å². The lowest BCUT2D eigenvalue weighted by atomic mass is 10.1. The third kappa shape index (κ3) is 2.07. The van der Waals surface area contributed by atoms with E-state index in [1.54, 1.807) is 10.9 Å². The topological polar surface area (TPSA) is 114 Å². The SMILES string of the molecule is CCn1nc(-c2cnc(OC)nc2OC)c2c(N)ncnc21. The van der Waals surface area contributed by atoms with Crippen molar-refractivity contribution in [2.24, 2.45) is 0 Å². The minimum Gasteiger partial charge on any atom is -0.480 e. The Morgan fingerprint density at radius 1 is 1.18 bits per heavy atom. The number of hydrogen-bond acceptors (Lipinski definition) is 8. The van der Waals surface area contributed by atoms with Crippen molar-refractivity contribution in [1.29, 1.82) is 0 Å². The van der Waals surface area contributed by atoms with Crippen LogP contribution in [0, 0.1) is 0 Å². The van der Waals surface area contributed by atoms with Gasteiger partial charge in [0.05, 0.1) is 25.2 Å². The highest BCUT2D eigenvalue weighted by atomic mass is 16.5. The van der Waals surface area contributed by atoms with Crippen LogP contribution in [-0.2, 0) is 6.54 Å². The fourth-order valence-corrected chi connectivity index (χ4v) is 2.21. The van der Waals surface area contributed by atoms with Crippen LogP contribution in [0.25, 0.3) is 22.3 Å². The van der Waals surface area contributed by atoms with Gasteiger partial charge in [-0.1, -0.05) is 0 Å². The molecule has 0 unspecified atom stereocenters. The second-order valence-electron chi connectivity index (χ2n) is 4.40. The Kier molecular flexibility index (Phi) is 3.45. The first-order valence-electron chi connectivity index (χ1n) is 6.62. The van der Waals surface area contributed by atoms with Crippen LogP contribution >= 0.6 is 0 Å². The van der Waals surface area contributed by atoms with E-state index < -0.39 is 0 Å². The summed E-state index contributed by atoms with van der Waals surface area (Å²) in [6, 6.07) is 0.212. The molecule has 114 valence electrons. The first-order chi connectivity index (χ1) is 10.7. The zero-order valence-electron chi connectivity index (χ0n) is 12.4.